The number of para-hydroxylation sites is 1. The molecule has 35 heavy (non-hydrogen) atoms. The van der Waals surface area contributed by atoms with Crippen LogP contribution in [0.4, 0.5) is 5.69 Å². The van der Waals surface area contributed by atoms with Gasteiger partial charge in [0.15, 0.2) is 0 Å². The zero-order chi connectivity index (χ0) is 23.1. The molecule has 0 aliphatic carbocycles. The molecule has 3 aromatic heterocycles. The third kappa shape index (κ3) is 4.73. The Morgan fingerprint density at radius 1 is 0.971 bits per heavy atom. The summed E-state index contributed by atoms with van der Waals surface area (Å²) in [6.45, 7) is 0.398. The number of carbonyl (C=O) groups is 1. The lowest BCUT2D eigenvalue weighted by Crippen LogP contribution is -2.22. The van der Waals surface area contributed by atoms with Crippen LogP contribution in [0.15, 0.2) is 71.9 Å². The lowest BCUT2D eigenvalue weighted by molar-refractivity contribution is 0.102. The fraction of sp³-hybridized carbons (Fsp3) is 0.0833. The number of hydrogen-bond acceptors (Lipinski definition) is 4. The van der Waals surface area contributed by atoms with Gasteiger partial charge in [-0.2, -0.15) is 0 Å². The fourth-order valence-electron chi connectivity index (χ4n) is 3.95. The normalized spacial score (nSPS) is 10.6. The predicted molar refractivity (Wildman–Crippen MR) is 145 cm³/mol. The number of aromatic nitrogens is 4. The number of nitrogens with zero attached hydrogens (tertiary/aromatic N) is 4. The van der Waals surface area contributed by atoms with Gasteiger partial charge in [-0.3, -0.25) is 24.2 Å². The number of halogens is 4. The fourth-order valence-corrected chi connectivity index (χ4v) is 4.52. The van der Waals surface area contributed by atoms with Crippen LogP contribution in [0.25, 0.3) is 21.8 Å². The first kappa shape index (κ1) is 26.5. The van der Waals surface area contributed by atoms with Crippen LogP contribution in [0.2, 0.25) is 10.0 Å². The van der Waals surface area contributed by atoms with Gasteiger partial charge in [-0.1, -0.05) is 41.4 Å². The molecule has 0 saturated carbocycles. The SMILES string of the molecule is Cl.Cl.Cn1c2c(cnc3c(NC(=O)c4c(Cl)cccc4Cl)cccc32)c(=O)n1Cc1ccncc1. The van der Waals surface area contributed by atoms with E-state index >= 15 is 0 Å². The van der Waals surface area contributed by atoms with E-state index in [0.29, 0.717) is 23.1 Å². The molecular formula is C24H19Cl4N5O2. The zero-order valence-electron chi connectivity index (χ0n) is 18.2. The highest BCUT2D eigenvalue weighted by molar-refractivity contribution is 6.40. The van der Waals surface area contributed by atoms with Crippen LogP contribution in [0, 0.1) is 0 Å². The van der Waals surface area contributed by atoms with Crippen LogP contribution in [0.5, 0.6) is 0 Å². The average Bonchev–Trinajstić information content (AvgIpc) is 3.05. The van der Waals surface area contributed by atoms with E-state index in [0.717, 1.165) is 16.5 Å². The zero-order valence-corrected chi connectivity index (χ0v) is 21.4. The van der Waals surface area contributed by atoms with Crippen LogP contribution < -0.4 is 10.9 Å². The summed E-state index contributed by atoms with van der Waals surface area (Å²) in [4.78, 5) is 34.6. The van der Waals surface area contributed by atoms with E-state index in [9.17, 15) is 9.59 Å². The molecule has 0 fully saturated rings. The number of anilines is 1. The summed E-state index contributed by atoms with van der Waals surface area (Å²) in [5, 5.41) is 4.60. The Kier molecular flexibility index (Phi) is 8.07. The van der Waals surface area contributed by atoms with Gasteiger partial charge in [0.1, 0.15) is 0 Å². The third-order valence-electron chi connectivity index (χ3n) is 5.54. The van der Waals surface area contributed by atoms with Crippen LogP contribution in [-0.2, 0) is 13.6 Å². The summed E-state index contributed by atoms with van der Waals surface area (Å²) in [6.07, 6.45) is 4.93. The van der Waals surface area contributed by atoms with Crippen molar-refractivity contribution in [3.8, 4) is 0 Å². The van der Waals surface area contributed by atoms with E-state index in [1.54, 1.807) is 53.6 Å². The lowest BCUT2D eigenvalue weighted by atomic mass is 10.1. The molecule has 0 bridgehead atoms. The summed E-state index contributed by atoms with van der Waals surface area (Å²) in [5.41, 5.74) is 2.78. The van der Waals surface area contributed by atoms with Crippen molar-refractivity contribution in [1.29, 1.82) is 0 Å². The Balaban J connectivity index is 0.00000171. The number of pyridine rings is 2. The monoisotopic (exact) mass is 549 g/mol. The number of nitrogens with one attached hydrogen (secondary N) is 1. The first-order valence-corrected chi connectivity index (χ1v) is 10.8. The second-order valence-electron chi connectivity index (χ2n) is 7.51. The Bertz CT molecular complexity index is 1580. The van der Waals surface area contributed by atoms with E-state index in [4.69, 9.17) is 23.2 Å². The Morgan fingerprint density at radius 3 is 2.31 bits per heavy atom. The van der Waals surface area contributed by atoms with Gasteiger partial charge in [-0.05, 0) is 35.9 Å². The average molecular weight is 551 g/mol. The van der Waals surface area contributed by atoms with Crippen LogP contribution >= 0.6 is 48.0 Å². The molecule has 5 rings (SSSR count). The molecule has 180 valence electrons. The summed E-state index contributed by atoms with van der Waals surface area (Å²) >= 11 is 12.4. The molecule has 0 unspecified atom stereocenters. The number of aryl methyl sites for hydroxylation is 1. The highest BCUT2D eigenvalue weighted by Crippen LogP contribution is 2.30. The topological polar surface area (TPSA) is 81.8 Å². The van der Waals surface area contributed by atoms with Crippen molar-refractivity contribution in [2.24, 2.45) is 7.05 Å². The maximum Gasteiger partial charge on any atom is 0.276 e. The summed E-state index contributed by atoms with van der Waals surface area (Å²) in [7, 11) is 1.83. The molecular weight excluding hydrogens is 532 g/mol. The van der Waals surface area contributed by atoms with Crippen molar-refractivity contribution in [1.82, 2.24) is 19.3 Å². The highest BCUT2D eigenvalue weighted by atomic mass is 35.5. The van der Waals surface area contributed by atoms with E-state index in [2.05, 4.69) is 15.3 Å². The minimum atomic E-state index is -0.441. The smallest absolute Gasteiger partial charge is 0.276 e. The van der Waals surface area contributed by atoms with E-state index in [1.165, 1.54) is 0 Å². The van der Waals surface area contributed by atoms with E-state index in [-0.39, 0.29) is 46.0 Å². The van der Waals surface area contributed by atoms with Gasteiger partial charge in [0.2, 0.25) is 0 Å². The number of amides is 1. The first-order chi connectivity index (χ1) is 16.0. The van der Waals surface area contributed by atoms with Crippen molar-refractivity contribution in [2.75, 3.05) is 5.32 Å². The molecule has 11 heteroatoms. The number of hydrogen-bond donors (Lipinski definition) is 1. The van der Waals surface area contributed by atoms with Gasteiger partial charge in [0, 0.05) is 31.0 Å². The Morgan fingerprint density at radius 2 is 1.63 bits per heavy atom. The van der Waals surface area contributed by atoms with Gasteiger partial charge in [0.05, 0.1) is 44.3 Å². The number of fused-ring (bicyclic) bond motifs is 3. The summed E-state index contributed by atoms with van der Waals surface area (Å²) in [5.74, 6) is -0.441. The van der Waals surface area contributed by atoms with Crippen molar-refractivity contribution in [3.63, 3.8) is 0 Å². The maximum absolute atomic E-state index is 13.1. The molecule has 0 spiro atoms. The van der Waals surface area contributed by atoms with Crippen molar-refractivity contribution >= 4 is 81.4 Å². The number of benzene rings is 2. The molecule has 2 aromatic carbocycles. The number of carbonyl (C=O) groups excluding carboxylic acids is 1. The van der Waals surface area contributed by atoms with Crippen molar-refractivity contribution < 1.29 is 4.79 Å². The van der Waals surface area contributed by atoms with E-state index in [1.807, 2.05) is 29.9 Å². The molecule has 0 atom stereocenters. The first-order valence-electron chi connectivity index (χ1n) is 10.1. The second-order valence-corrected chi connectivity index (χ2v) is 8.33. The highest BCUT2D eigenvalue weighted by Gasteiger charge is 2.19. The maximum atomic E-state index is 13.1. The molecule has 7 nitrogen and oxygen atoms in total. The van der Waals surface area contributed by atoms with Gasteiger partial charge in [0.25, 0.3) is 11.5 Å². The van der Waals surface area contributed by atoms with Crippen molar-refractivity contribution in [2.45, 2.75) is 6.54 Å². The Hall–Kier alpha value is -3.10. The molecule has 5 aromatic rings. The molecule has 0 radical (unpaired) electrons. The third-order valence-corrected chi connectivity index (χ3v) is 6.17. The van der Waals surface area contributed by atoms with Crippen LogP contribution in [0.3, 0.4) is 0 Å². The van der Waals surface area contributed by atoms with Crippen LogP contribution in [0.1, 0.15) is 15.9 Å². The molecule has 0 aliphatic rings. The lowest BCUT2D eigenvalue weighted by Gasteiger charge is -2.12. The van der Waals surface area contributed by atoms with Crippen molar-refractivity contribution in [3.05, 3.63) is 98.6 Å². The summed E-state index contributed by atoms with van der Waals surface area (Å²) < 4.78 is 3.47. The summed E-state index contributed by atoms with van der Waals surface area (Å²) in [6, 6.07) is 14.0. The number of rotatable bonds is 4. The largest absolute Gasteiger partial charge is 0.320 e. The van der Waals surface area contributed by atoms with Gasteiger partial charge >= 0.3 is 0 Å². The van der Waals surface area contributed by atoms with E-state index < -0.39 is 5.91 Å². The molecule has 0 saturated heterocycles. The van der Waals surface area contributed by atoms with Crippen LogP contribution in [-0.4, -0.2) is 25.2 Å². The minimum Gasteiger partial charge on any atom is -0.320 e. The molecule has 1 N–H and O–H groups in total. The van der Waals surface area contributed by atoms with Gasteiger partial charge in [-0.15, -0.1) is 24.8 Å². The standard InChI is InChI=1S/C24H17Cl2N5O2.2ClH/c1-30-22-15-4-2-7-19(29-23(32)20-17(25)5-3-6-18(20)26)21(15)28-12-16(22)24(33)31(30)13-14-8-10-27-11-9-14;;/h2-12H,13H2,1H3,(H,29,32);2*1H. The van der Waals surface area contributed by atoms with Gasteiger partial charge in [-0.25, -0.2) is 4.68 Å². The Labute approximate surface area is 222 Å². The second kappa shape index (κ2) is 10.7. The quantitative estimate of drug-likeness (QED) is 0.309. The molecule has 3 heterocycles. The molecule has 1 amide bonds. The minimum absolute atomic E-state index is 0. The molecule has 0 aliphatic heterocycles. The van der Waals surface area contributed by atoms with Gasteiger partial charge < -0.3 is 5.32 Å². The predicted octanol–water partition coefficient (Wildman–Crippen LogP) is 5.73.